The van der Waals surface area contributed by atoms with Gasteiger partial charge in [-0.15, -0.1) is 6.58 Å². The summed E-state index contributed by atoms with van der Waals surface area (Å²) in [5.74, 6) is -1.16. The normalized spacial score (nSPS) is 17.6. The monoisotopic (exact) mass is 342 g/mol. The number of ether oxygens (including phenoxy) is 2. The van der Waals surface area contributed by atoms with E-state index in [1.54, 1.807) is 6.08 Å². The number of esters is 2. The highest BCUT2D eigenvalue weighted by Crippen LogP contribution is 2.46. The molecule has 1 aliphatic rings. The first-order chi connectivity index (χ1) is 9.42. The van der Waals surface area contributed by atoms with E-state index in [9.17, 15) is 9.59 Å². The van der Waals surface area contributed by atoms with E-state index in [2.05, 4.69) is 29.1 Å². The summed E-state index contributed by atoms with van der Waals surface area (Å²) < 4.78 is 10.5. The van der Waals surface area contributed by atoms with Crippen LogP contribution in [0.25, 0.3) is 0 Å². The third kappa shape index (κ3) is 3.03. The number of carbonyl (C=O) groups excluding carboxylic acids is 2. The van der Waals surface area contributed by atoms with Crippen LogP contribution in [0.4, 0.5) is 0 Å². The van der Waals surface area contributed by atoms with Gasteiger partial charge in [0.25, 0.3) is 0 Å². The first kappa shape index (κ1) is 16.7. The van der Waals surface area contributed by atoms with Gasteiger partial charge in [-0.3, -0.25) is 9.59 Å². The van der Waals surface area contributed by atoms with E-state index in [-0.39, 0.29) is 12.8 Å². The molecule has 0 aromatic heterocycles. The maximum Gasteiger partial charge on any atom is 0.323 e. The molecule has 0 fully saturated rings. The second kappa shape index (κ2) is 6.88. The van der Waals surface area contributed by atoms with Crippen molar-refractivity contribution in [3.8, 4) is 0 Å². The number of halogens is 1. The highest BCUT2D eigenvalue weighted by Gasteiger charge is 2.51. The highest BCUT2D eigenvalue weighted by atomic mass is 79.9. The molecular formula is C15H19BrO4. The van der Waals surface area contributed by atoms with Crippen molar-refractivity contribution in [2.24, 2.45) is 5.41 Å². The van der Waals surface area contributed by atoms with Crippen molar-refractivity contribution in [2.45, 2.75) is 25.7 Å². The Bertz CT molecular complexity index is 460. The Morgan fingerprint density at radius 2 is 1.85 bits per heavy atom. The summed E-state index contributed by atoms with van der Waals surface area (Å²) in [6.45, 7) is 7.62. The second-order valence-electron chi connectivity index (χ2n) is 4.77. The van der Waals surface area contributed by atoms with E-state index in [1.165, 1.54) is 14.2 Å². The van der Waals surface area contributed by atoms with Gasteiger partial charge >= 0.3 is 11.9 Å². The summed E-state index contributed by atoms with van der Waals surface area (Å²) in [7, 11) is 2.54. The first-order valence-corrected chi connectivity index (χ1v) is 7.05. The lowest BCUT2D eigenvalue weighted by Crippen LogP contribution is -2.43. The Morgan fingerprint density at radius 1 is 1.30 bits per heavy atom. The number of hydrogen-bond donors (Lipinski definition) is 0. The van der Waals surface area contributed by atoms with Crippen LogP contribution in [0.1, 0.15) is 25.7 Å². The molecule has 110 valence electrons. The minimum atomic E-state index is -1.33. The molecule has 0 spiro atoms. The van der Waals surface area contributed by atoms with Crippen LogP contribution < -0.4 is 0 Å². The molecule has 0 atom stereocenters. The van der Waals surface area contributed by atoms with Gasteiger partial charge in [0, 0.05) is 10.9 Å². The third-order valence-electron chi connectivity index (χ3n) is 3.45. The number of methoxy groups -OCH3 is 2. The molecular weight excluding hydrogens is 324 g/mol. The number of hydrogen-bond acceptors (Lipinski definition) is 4. The highest BCUT2D eigenvalue weighted by molar-refractivity contribution is 9.12. The van der Waals surface area contributed by atoms with Crippen molar-refractivity contribution < 1.29 is 19.1 Å². The van der Waals surface area contributed by atoms with Gasteiger partial charge in [0.15, 0.2) is 5.41 Å². The predicted molar refractivity (Wildman–Crippen MR) is 80.2 cm³/mol. The van der Waals surface area contributed by atoms with E-state index < -0.39 is 17.4 Å². The van der Waals surface area contributed by atoms with Crippen LogP contribution in [0.5, 0.6) is 0 Å². The summed E-state index contributed by atoms with van der Waals surface area (Å²) in [6, 6.07) is 0. The van der Waals surface area contributed by atoms with Gasteiger partial charge in [-0.25, -0.2) is 0 Å². The van der Waals surface area contributed by atoms with E-state index in [1.807, 2.05) is 0 Å². The minimum absolute atomic E-state index is 0.199. The zero-order valence-electron chi connectivity index (χ0n) is 11.8. The predicted octanol–water partition coefficient (Wildman–Crippen LogP) is 3.28. The number of allylic oxidation sites excluding steroid dienone is 4. The molecule has 0 aromatic carbocycles. The molecule has 0 saturated carbocycles. The lowest BCUT2D eigenvalue weighted by Gasteiger charge is -2.34. The summed E-state index contributed by atoms with van der Waals surface area (Å²) in [6.07, 6.45) is 3.74. The third-order valence-corrected chi connectivity index (χ3v) is 4.58. The van der Waals surface area contributed by atoms with E-state index in [0.29, 0.717) is 12.0 Å². The van der Waals surface area contributed by atoms with Crippen LogP contribution in [-0.2, 0) is 19.1 Å². The fourth-order valence-corrected chi connectivity index (χ4v) is 2.91. The number of carbonyl (C=O) groups is 2. The molecule has 0 unspecified atom stereocenters. The summed E-state index contributed by atoms with van der Waals surface area (Å²) in [4.78, 5) is 24.3. The smallest absolute Gasteiger partial charge is 0.323 e. The molecule has 4 nitrogen and oxygen atoms in total. The molecule has 0 radical (unpaired) electrons. The molecule has 0 heterocycles. The Labute approximate surface area is 127 Å². The summed E-state index contributed by atoms with van der Waals surface area (Å²) in [5.41, 5.74) is 0.331. The van der Waals surface area contributed by atoms with Crippen LogP contribution >= 0.6 is 15.9 Å². The average Bonchev–Trinajstić information content (AvgIpc) is 2.46. The van der Waals surface area contributed by atoms with Crippen molar-refractivity contribution >= 4 is 27.9 Å². The van der Waals surface area contributed by atoms with Crippen LogP contribution in [-0.4, -0.2) is 26.2 Å². The number of rotatable bonds is 5. The topological polar surface area (TPSA) is 52.6 Å². The van der Waals surface area contributed by atoms with Crippen LogP contribution in [0.3, 0.4) is 0 Å². The standard InChI is InChI=1S/C15H19BrO4/c1-5-6-7-11-9-15(13(17)19-3,14(18)20-4)8-10(2)12(11)16/h5H,1-2,6-9H2,3-4H3. The molecule has 1 rings (SSSR count). The molecule has 20 heavy (non-hydrogen) atoms. The van der Waals surface area contributed by atoms with Crippen LogP contribution in [0.2, 0.25) is 0 Å². The Morgan fingerprint density at radius 3 is 2.30 bits per heavy atom. The van der Waals surface area contributed by atoms with Gasteiger partial charge in [-0.1, -0.05) is 34.2 Å². The second-order valence-corrected chi connectivity index (χ2v) is 5.56. The van der Waals surface area contributed by atoms with Gasteiger partial charge in [-0.05, 0) is 24.8 Å². The van der Waals surface area contributed by atoms with Crippen molar-refractivity contribution in [2.75, 3.05) is 14.2 Å². The van der Waals surface area contributed by atoms with E-state index >= 15 is 0 Å². The Kier molecular flexibility index (Phi) is 5.74. The fourth-order valence-electron chi connectivity index (χ4n) is 2.43. The van der Waals surface area contributed by atoms with E-state index in [4.69, 9.17) is 9.47 Å². The van der Waals surface area contributed by atoms with Gasteiger partial charge in [0.2, 0.25) is 0 Å². The zero-order chi connectivity index (χ0) is 15.3. The molecule has 5 heteroatoms. The van der Waals surface area contributed by atoms with Crippen molar-refractivity contribution in [1.29, 1.82) is 0 Å². The Balaban J connectivity index is 3.23. The van der Waals surface area contributed by atoms with Gasteiger partial charge in [0.1, 0.15) is 0 Å². The molecule has 0 saturated heterocycles. The van der Waals surface area contributed by atoms with Crippen molar-refractivity contribution in [1.82, 2.24) is 0 Å². The van der Waals surface area contributed by atoms with Crippen LogP contribution in [0, 0.1) is 5.41 Å². The summed E-state index contributed by atoms with van der Waals surface area (Å²) in [5, 5.41) is 0. The molecule has 0 amide bonds. The van der Waals surface area contributed by atoms with Gasteiger partial charge in [-0.2, -0.15) is 0 Å². The SMILES string of the molecule is C=CCCC1=C(Br)C(=C)CC(C(=O)OC)(C(=O)OC)C1. The maximum atomic E-state index is 12.1. The fraction of sp³-hybridized carbons (Fsp3) is 0.467. The molecule has 0 bridgehead atoms. The first-order valence-electron chi connectivity index (χ1n) is 6.26. The van der Waals surface area contributed by atoms with Crippen molar-refractivity contribution in [3.05, 3.63) is 34.9 Å². The molecule has 1 aliphatic carbocycles. The maximum absolute atomic E-state index is 12.1. The average molecular weight is 343 g/mol. The van der Waals surface area contributed by atoms with Crippen LogP contribution in [0.15, 0.2) is 34.9 Å². The largest absolute Gasteiger partial charge is 0.468 e. The van der Waals surface area contributed by atoms with Gasteiger partial charge in [0.05, 0.1) is 14.2 Å². The van der Waals surface area contributed by atoms with Gasteiger partial charge < -0.3 is 9.47 Å². The lowest BCUT2D eigenvalue weighted by atomic mass is 9.71. The molecule has 0 aromatic rings. The molecule has 0 N–H and O–H groups in total. The van der Waals surface area contributed by atoms with E-state index in [0.717, 1.165) is 16.5 Å². The quantitative estimate of drug-likeness (QED) is 0.437. The summed E-state index contributed by atoms with van der Waals surface area (Å²) >= 11 is 3.49. The lowest BCUT2D eigenvalue weighted by molar-refractivity contribution is -0.169. The Hall–Kier alpha value is -1.36. The molecule has 0 aliphatic heterocycles. The zero-order valence-corrected chi connectivity index (χ0v) is 13.4. The minimum Gasteiger partial charge on any atom is -0.468 e. The van der Waals surface area contributed by atoms with Crippen molar-refractivity contribution in [3.63, 3.8) is 0 Å².